The van der Waals surface area contributed by atoms with Crippen LogP contribution in [0.4, 0.5) is 5.82 Å². The standard InChI is InChI=1S/C12H11BrIN3/c1-7-10(14)12(15-2)17-11(16-7)8-3-5-9(13)6-4-8/h3-6H,1-2H3,(H,15,16,17). The first kappa shape index (κ1) is 12.8. The third kappa shape index (κ3) is 2.77. The lowest BCUT2D eigenvalue weighted by atomic mass is 10.2. The lowest BCUT2D eigenvalue weighted by Gasteiger charge is -2.08. The molecule has 1 aromatic carbocycles. The minimum atomic E-state index is 0.750. The Kier molecular flexibility index (Phi) is 3.98. The van der Waals surface area contributed by atoms with Crippen molar-refractivity contribution in [3.05, 3.63) is 38.0 Å². The van der Waals surface area contributed by atoms with Crippen LogP contribution in [-0.2, 0) is 0 Å². The van der Waals surface area contributed by atoms with Crippen LogP contribution >= 0.6 is 38.5 Å². The summed E-state index contributed by atoms with van der Waals surface area (Å²) in [5.74, 6) is 1.62. The van der Waals surface area contributed by atoms with Crippen molar-refractivity contribution in [1.29, 1.82) is 0 Å². The molecule has 88 valence electrons. The fourth-order valence-corrected chi connectivity index (χ4v) is 2.23. The number of benzene rings is 1. The van der Waals surface area contributed by atoms with Gasteiger partial charge >= 0.3 is 0 Å². The summed E-state index contributed by atoms with van der Waals surface area (Å²) in [6.45, 7) is 1.99. The van der Waals surface area contributed by atoms with Gasteiger partial charge in [0.1, 0.15) is 5.82 Å². The highest BCUT2D eigenvalue weighted by molar-refractivity contribution is 14.1. The molecular weight excluding hydrogens is 393 g/mol. The second-order valence-corrected chi connectivity index (χ2v) is 5.55. The first-order valence-corrected chi connectivity index (χ1v) is 6.97. The number of aromatic nitrogens is 2. The largest absolute Gasteiger partial charge is 0.372 e. The molecule has 0 atom stereocenters. The number of hydrogen-bond donors (Lipinski definition) is 1. The van der Waals surface area contributed by atoms with Gasteiger partial charge in [-0.1, -0.05) is 28.1 Å². The molecule has 5 heteroatoms. The van der Waals surface area contributed by atoms with Crippen LogP contribution < -0.4 is 5.32 Å². The van der Waals surface area contributed by atoms with Gasteiger partial charge in [0.05, 0.1) is 9.26 Å². The van der Waals surface area contributed by atoms with E-state index in [2.05, 4.69) is 53.8 Å². The maximum atomic E-state index is 4.51. The number of rotatable bonds is 2. The Labute approximate surface area is 122 Å². The number of nitrogens with zero attached hydrogens (tertiary/aromatic N) is 2. The molecule has 0 aliphatic carbocycles. The summed E-state index contributed by atoms with van der Waals surface area (Å²) in [6.07, 6.45) is 0. The van der Waals surface area contributed by atoms with Crippen LogP contribution in [0, 0.1) is 10.5 Å². The average Bonchev–Trinajstić information content (AvgIpc) is 2.33. The second kappa shape index (κ2) is 5.30. The fourth-order valence-electron chi connectivity index (χ4n) is 1.45. The van der Waals surface area contributed by atoms with Gasteiger partial charge in [0.15, 0.2) is 5.82 Å². The van der Waals surface area contributed by atoms with Gasteiger partial charge in [-0.15, -0.1) is 0 Å². The molecule has 1 heterocycles. The second-order valence-electron chi connectivity index (χ2n) is 3.55. The molecule has 1 aromatic heterocycles. The van der Waals surface area contributed by atoms with Crippen molar-refractivity contribution in [2.45, 2.75) is 6.92 Å². The number of halogens is 2. The molecule has 0 aliphatic rings. The van der Waals surface area contributed by atoms with Gasteiger partial charge < -0.3 is 5.32 Å². The smallest absolute Gasteiger partial charge is 0.161 e. The van der Waals surface area contributed by atoms with E-state index < -0.39 is 0 Å². The first-order valence-electron chi connectivity index (χ1n) is 5.09. The topological polar surface area (TPSA) is 37.8 Å². The molecule has 1 N–H and O–H groups in total. The molecule has 0 spiro atoms. The van der Waals surface area contributed by atoms with E-state index in [1.54, 1.807) is 0 Å². The predicted octanol–water partition coefficient (Wildman–Crippen LogP) is 3.86. The molecule has 0 aliphatic heterocycles. The summed E-state index contributed by atoms with van der Waals surface area (Å²) in [4.78, 5) is 9.01. The molecule has 0 fully saturated rings. The van der Waals surface area contributed by atoms with Gasteiger partial charge in [-0.05, 0) is 41.6 Å². The monoisotopic (exact) mass is 403 g/mol. The van der Waals surface area contributed by atoms with Gasteiger partial charge in [-0.3, -0.25) is 0 Å². The molecule has 17 heavy (non-hydrogen) atoms. The van der Waals surface area contributed by atoms with Crippen molar-refractivity contribution >= 4 is 44.3 Å². The van der Waals surface area contributed by atoms with Gasteiger partial charge in [-0.25, -0.2) is 9.97 Å². The highest BCUT2D eigenvalue weighted by Crippen LogP contribution is 2.24. The predicted molar refractivity (Wildman–Crippen MR) is 82.2 cm³/mol. The summed E-state index contributed by atoms with van der Waals surface area (Å²) in [5.41, 5.74) is 2.01. The van der Waals surface area contributed by atoms with Gasteiger partial charge in [0.25, 0.3) is 0 Å². The number of aryl methyl sites for hydroxylation is 1. The summed E-state index contributed by atoms with van der Waals surface area (Å²) < 4.78 is 2.11. The van der Waals surface area contributed by atoms with E-state index in [0.717, 1.165) is 30.9 Å². The number of anilines is 1. The van der Waals surface area contributed by atoms with Gasteiger partial charge in [-0.2, -0.15) is 0 Å². The Morgan fingerprint density at radius 2 is 1.82 bits per heavy atom. The van der Waals surface area contributed by atoms with E-state index in [1.807, 2.05) is 38.2 Å². The molecule has 0 unspecified atom stereocenters. The van der Waals surface area contributed by atoms with Crippen LogP contribution in [0.25, 0.3) is 11.4 Å². The van der Waals surface area contributed by atoms with E-state index in [-0.39, 0.29) is 0 Å². The highest BCUT2D eigenvalue weighted by Gasteiger charge is 2.09. The Hall–Kier alpha value is -0.690. The zero-order valence-electron chi connectivity index (χ0n) is 9.46. The molecule has 0 bridgehead atoms. The molecule has 3 nitrogen and oxygen atoms in total. The first-order chi connectivity index (χ1) is 8.11. The summed E-state index contributed by atoms with van der Waals surface area (Å²) in [6, 6.07) is 7.99. The minimum absolute atomic E-state index is 0.750. The van der Waals surface area contributed by atoms with Crippen molar-refractivity contribution in [3.8, 4) is 11.4 Å². The molecule has 0 saturated carbocycles. The zero-order chi connectivity index (χ0) is 12.4. The SMILES string of the molecule is CNc1nc(-c2ccc(Br)cc2)nc(C)c1I. The van der Waals surface area contributed by atoms with Crippen molar-refractivity contribution in [3.63, 3.8) is 0 Å². The lowest BCUT2D eigenvalue weighted by molar-refractivity contribution is 1.09. The Balaban J connectivity index is 2.52. The molecule has 2 rings (SSSR count). The minimum Gasteiger partial charge on any atom is -0.372 e. The third-order valence-electron chi connectivity index (χ3n) is 2.36. The zero-order valence-corrected chi connectivity index (χ0v) is 13.2. The normalized spacial score (nSPS) is 10.4. The van der Waals surface area contributed by atoms with Crippen LogP contribution in [0.1, 0.15) is 5.69 Å². The van der Waals surface area contributed by atoms with Gasteiger partial charge in [0, 0.05) is 17.1 Å². The Bertz CT molecular complexity index is 540. The Morgan fingerprint density at radius 3 is 2.41 bits per heavy atom. The van der Waals surface area contributed by atoms with Crippen LogP contribution in [-0.4, -0.2) is 17.0 Å². The molecule has 0 amide bonds. The fraction of sp³-hybridized carbons (Fsp3) is 0.167. The molecule has 2 aromatic rings. The summed E-state index contributed by atoms with van der Waals surface area (Å²) >= 11 is 5.67. The van der Waals surface area contributed by atoms with Crippen molar-refractivity contribution in [2.24, 2.45) is 0 Å². The van der Waals surface area contributed by atoms with E-state index >= 15 is 0 Å². The van der Waals surface area contributed by atoms with Crippen molar-refractivity contribution in [2.75, 3.05) is 12.4 Å². The van der Waals surface area contributed by atoms with Gasteiger partial charge in [0.2, 0.25) is 0 Å². The lowest BCUT2D eigenvalue weighted by Crippen LogP contribution is -2.02. The Morgan fingerprint density at radius 1 is 1.18 bits per heavy atom. The summed E-state index contributed by atoms with van der Waals surface area (Å²) in [5, 5.41) is 3.09. The van der Waals surface area contributed by atoms with Crippen LogP contribution in [0.3, 0.4) is 0 Å². The molecule has 0 radical (unpaired) electrons. The van der Waals surface area contributed by atoms with Crippen LogP contribution in [0.15, 0.2) is 28.7 Å². The highest BCUT2D eigenvalue weighted by atomic mass is 127. The van der Waals surface area contributed by atoms with E-state index in [1.165, 1.54) is 0 Å². The number of nitrogens with one attached hydrogen (secondary N) is 1. The maximum Gasteiger partial charge on any atom is 0.161 e. The number of hydrogen-bond acceptors (Lipinski definition) is 3. The average molecular weight is 404 g/mol. The molecule has 0 saturated heterocycles. The summed E-state index contributed by atoms with van der Waals surface area (Å²) in [7, 11) is 1.87. The van der Waals surface area contributed by atoms with E-state index in [9.17, 15) is 0 Å². The van der Waals surface area contributed by atoms with Crippen LogP contribution in [0.2, 0.25) is 0 Å². The maximum absolute atomic E-state index is 4.51. The van der Waals surface area contributed by atoms with E-state index in [4.69, 9.17) is 0 Å². The van der Waals surface area contributed by atoms with Crippen LogP contribution in [0.5, 0.6) is 0 Å². The molecular formula is C12H11BrIN3. The van der Waals surface area contributed by atoms with Crippen molar-refractivity contribution < 1.29 is 0 Å². The third-order valence-corrected chi connectivity index (χ3v) is 4.18. The van der Waals surface area contributed by atoms with Crippen molar-refractivity contribution in [1.82, 2.24) is 9.97 Å². The quantitative estimate of drug-likeness (QED) is 0.773. The van der Waals surface area contributed by atoms with E-state index in [0.29, 0.717) is 0 Å².